The first kappa shape index (κ1) is 22.8. The van der Waals surface area contributed by atoms with E-state index in [9.17, 15) is 9.59 Å². The molecule has 1 fully saturated rings. The monoisotopic (exact) mass is 481 g/mol. The van der Waals surface area contributed by atoms with E-state index in [1.807, 2.05) is 42.2 Å². The van der Waals surface area contributed by atoms with Crippen molar-refractivity contribution in [3.05, 3.63) is 107 Å². The molecule has 3 aromatic rings. The Kier molecular flexibility index (Phi) is 5.97. The maximum Gasteiger partial charge on any atom is 0.407 e. The van der Waals surface area contributed by atoms with E-state index in [1.54, 1.807) is 0 Å². The Hall–Kier alpha value is -3.64. The highest BCUT2D eigenvalue weighted by Crippen LogP contribution is 2.49. The molecule has 0 saturated carbocycles. The van der Waals surface area contributed by atoms with Crippen LogP contribution in [0.1, 0.15) is 46.9 Å². The molecule has 3 heterocycles. The van der Waals surface area contributed by atoms with Crippen molar-refractivity contribution in [1.29, 1.82) is 0 Å². The number of fused-ring (bicyclic) bond motifs is 7. The van der Waals surface area contributed by atoms with Gasteiger partial charge >= 0.3 is 6.09 Å². The summed E-state index contributed by atoms with van der Waals surface area (Å²) in [4.78, 5) is 31.4. The Morgan fingerprint density at radius 1 is 0.917 bits per heavy atom. The van der Waals surface area contributed by atoms with Crippen molar-refractivity contribution in [3.63, 3.8) is 0 Å². The van der Waals surface area contributed by atoms with Crippen molar-refractivity contribution in [2.75, 3.05) is 13.1 Å². The summed E-state index contributed by atoms with van der Waals surface area (Å²) in [7, 11) is 0. The third-order valence-corrected chi connectivity index (χ3v) is 7.94. The molecular formula is C30H31N3O3. The number of nitrogens with zero attached hydrogens (tertiary/aromatic N) is 2. The lowest BCUT2D eigenvalue weighted by atomic mass is 9.76. The Balaban J connectivity index is 1.31. The van der Waals surface area contributed by atoms with Gasteiger partial charge in [-0.25, -0.2) is 4.79 Å². The van der Waals surface area contributed by atoms with Crippen LogP contribution >= 0.6 is 0 Å². The van der Waals surface area contributed by atoms with Crippen LogP contribution in [0.3, 0.4) is 0 Å². The molecule has 36 heavy (non-hydrogen) atoms. The number of hydrogen-bond acceptors (Lipinski definition) is 4. The van der Waals surface area contributed by atoms with Gasteiger partial charge in [0.1, 0.15) is 12.8 Å². The van der Waals surface area contributed by atoms with Gasteiger partial charge in [0.15, 0.2) is 0 Å². The first-order chi connectivity index (χ1) is 17.6. The molecule has 0 spiro atoms. The molecule has 184 valence electrons. The average molecular weight is 482 g/mol. The highest BCUT2D eigenvalue weighted by Gasteiger charge is 2.52. The van der Waals surface area contributed by atoms with Crippen LogP contribution in [0.4, 0.5) is 4.79 Å². The number of carbonyl (C=O) groups excluding carboxylic acids is 2. The molecule has 6 heteroatoms. The number of rotatable bonds is 4. The number of benzene rings is 3. The number of carbonyl (C=O) groups is 2. The van der Waals surface area contributed by atoms with Crippen LogP contribution in [0.25, 0.3) is 0 Å². The minimum atomic E-state index is -0.499. The van der Waals surface area contributed by atoms with Crippen molar-refractivity contribution in [2.24, 2.45) is 5.92 Å². The minimum absolute atomic E-state index is 0.0747. The zero-order chi connectivity index (χ0) is 24.6. The van der Waals surface area contributed by atoms with Crippen molar-refractivity contribution in [2.45, 2.75) is 44.6 Å². The SMILES string of the molecule is C[C@H](NC(=O)OCc1ccccc1)C1C(=O)N2CCc3ccccc3C2N2CCc3ccccc3C12. The Morgan fingerprint density at radius 3 is 2.33 bits per heavy atom. The van der Waals surface area contributed by atoms with Gasteiger partial charge in [-0.2, -0.15) is 0 Å². The largest absolute Gasteiger partial charge is 0.445 e. The molecule has 3 aliphatic rings. The van der Waals surface area contributed by atoms with E-state index in [2.05, 4.69) is 58.7 Å². The maximum atomic E-state index is 14.1. The normalized spacial score (nSPS) is 23.5. The standard InChI is InChI=1S/C30H31N3O3/c1-20(31-30(35)36-19-21-9-3-2-4-10-21)26-27-24-13-7-5-11-22(24)15-17-32(27)28-25-14-8-6-12-23(25)16-18-33(28)29(26)34/h2-14,20,26-28H,15-19H2,1H3,(H,31,35)/t20-,26?,27?,28?/m0/s1. The summed E-state index contributed by atoms with van der Waals surface area (Å²) >= 11 is 0. The summed E-state index contributed by atoms with van der Waals surface area (Å²) in [5.41, 5.74) is 5.95. The van der Waals surface area contributed by atoms with Gasteiger partial charge < -0.3 is 15.0 Å². The van der Waals surface area contributed by atoms with Crippen LogP contribution in [-0.4, -0.2) is 40.9 Å². The highest BCUT2D eigenvalue weighted by atomic mass is 16.5. The van der Waals surface area contributed by atoms with Gasteiger partial charge in [0.2, 0.25) is 5.91 Å². The quantitative estimate of drug-likeness (QED) is 0.591. The third kappa shape index (κ3) is 3.95. The summed E-state index contributed by atoms with van der Waals surface area (Å²) in [6, 6.07) is 26.1. The fourth-order valence-electron chi connectivity index (χ4n) is 6.28. The van der Waals surface area contributed by atoms with Crippen molar-refractivity contribution in [1.82, 2.24) is 15.1 Å². The minimum Gasteiger partial charge on any atom is -0.445 e. The van der Waals surface area contributed by atoms with Crippen LogP contribution in [0.5, 0.6) is 0 Å². The molecule has 0 bridgehead atoms. The second-order valence-corrected chi connectivity index (χ2v) is 10.0. The van der Waals surface area contributed by atoms with Gasteiger partial charge in [0.05, 0.1) is 12.0 Å². The Morgan fingerprint density at radius 2 is 1.56 bits per heavy atom. The molecule has 6 rings (SSSR count). The zero-order valence-corrected chi connectivity index (χ0v) is 20.5. The number of amides is 2. The smallest absolute Gasteiger partial charge is 0.407 e. The molecule has 0 aliphatic carbocycles. The number of alkyl carbamates (subject to hydrolysis) is 1. The number of nitrogens with one attached hydrogen (secondary N) is 1. The maximum absolute atomic E-state index is 14.1. The van der Waals surface area contributed by atoms with Gasteiger partial charge in [0.25, 0.3) is 0 Å². The van der Waals surface area contributed by atoms with Gasteiger partial charge in [-0.15, -0.1) is 0 Å². The molecule has 1 N–H and O–H groups in total. The van der Waals surface area contributed by atoms with Crippen LogP contribution in [0.2, 0.25) is 0 Å². The summed E-state index contributed by atoms with van der Waals surface area (Å²) in [5.74, 6) is -0.305. The summed E-state index contributed by atoms with van der Waals surface area (Å²) in [6.45, 7) is 3.68. The van der Waals surface area contributed by atoms with Crippen LogP contribution in [-0.2, 0) is 29.0 Å². The first-order valence-electron chi connectivity index (χ1n) is 12.8. The predicted molar refractivity (Wildman–Crippen MR) is 137 cm³/mol. The lowest BCUT2D eigenvalue weighted by molar-refractivity contribution is -0.163. The van der Waals surface area contributed by atoms with Crippen LogP contribution < -0.4 is 5.32 Å². The second-order valence-electron chi connectivity index (χ2n) is 10.0. The first-order valence-corrected chi connectivity index (χ1v) is 12.8. The summed E-state index contributed by atoms with van der Waals surface area (Å²) in [6.07, 6.45) is 1.22. The van der Waals surface area contributed by atoms with Crippen molar-refractivity contribution < 1.29 is 14.3 Å². The van der Waals surface area contributed by atoms with Gasteiger partial charge in [-0.3, -0.25) is 9.69 Å². The highest BCUT2D eigenvalue weighted by molar-refractivity contribution is 5.83. The van der Waals surface area contributed by atoms with Crippen LogP contribution in [0.15, 0.2) is 78.9 Å². The van der Waals surface area contributed by atoms with Crippen molar-refractivity contribution >= 4 is 12.0 Å². The molecule has 3 unspecified atom stereocenters. The molecule has 2 amide bonds. The number of hydrogen-bond donors (Lipinski definition) is 1. The summed E-state index contributed by atoms with van der Waals surface area (Å²) < 4.78 is 5.49. The lowest BCUT2D eigenvalue weighted by Gasteiger charge is -2.56. The van der Waals surface area contributed by atoms with E-state index in [-0.39, 0.29) is 24.7 Å². The van der Waals surface area contributed by atoms with Gasteiger partial charge in [-0.1, -0.05) is 78.9 Å². The molecule has 1 saturated heterocycles. The fourth-order valence-corrected chi connectivity index (χ4v) is 6.28. The molecule has 3 aliphatic heterocycles. The molecule has 3 aromatic carbocycles. The van der Waals surface area contributed by atoms with E-state index < -0.39 is 18.1 Å². The predicted octanol–water partition coefficient (Wildman–Crippen LogP) is 4.61. The van der Waals surface area contributed by atoms with E-state index in [0.29, 0.717) is 6.54 Å². The molecule has 4 atom stereocenters. The molecule has 0 radical (unpaired) electrons. The van der Waals surface area contributed by atoms with Crippen molar-refractivity contribution in [3.8, 4) is 0 Å². The van der Waals surface area contributed by atoms with Crippen LogP contribution in [0, 0.1) is 5.92 Å². The molecule has 0 aromatic heterocycles. The Labute approximate surface area is 211 Å². The number of ether oxygens (including phenoxy) is 1. The van der Waals surface area contributed by atoms with E-state index in [4.69, 9.17) is 4.74 Å². The lowest BCUT2D eigenvalue weighted by Crippen LogP contribution is -2.63. The fraction of sp³-hybridized carbons (Fsp3) is 0.333. The second kappa shape index (κ2) is 9.43. The topological polar surface area (TPSA) is 61.9 Å². The molecule has 6 nitrogen and oxygen atoms in total. The average Bonchev–Trinajstić information content (AvgIpc) is 2.92. The third-order valence-electron chi connectivity index (χ3n) is 7.94. The van der Waals surface area contributed by atoms with Gasteiger partial charge in [-0.05, 0) is 47.6 Å². The van der Waals surface area contributed by atoms with E-state index >= 15 is 0 Å². The zero-order valence-electron chi connectivity index (χ0n) is 20.5. The van der Waals surface area contributed by atoms with Gasteiger partial charge in [0, 0.05) is 19.1 Å². The van der Waals surface area contributed by atoms with E-state index in [0.717, 1.165) is 24.9 Å². The Bertz CT molecular complexity index is 1280. The molecular weight excluding hydrogens is 450 g/mol. The van der Waals surface area contributed by atoms with E-state index in [1.165, 1.54) is 22.3 Å². The summed E-state index contributed by atoms with van der Waals surface area (Å²) in [5, 5.41) is 2.99.